The first kappa shape index (κ1) is 11.6. The summed E-state index contributed by atoms with van der Waals surface area (Å²) in [5, 5.41) is 27.2. The minimum atomic E-state index is -1.85. The number of rotatable bonds is 3. The normalized spacial score (nSPS) is 14.7. The van der Waals surface area contributed by atoms with Gasteiger partial charge in [-0.2, -0.15) is 0 Å². The molecule has 0 aliphatic rings. The number of pyridine rings is 1. The highest BCUT2D eigenvalue weighted by Gasteiger charge is 2.27. The second-order valence-electron chi connectivity index (χ2n) is 3.44. The van der Waals surface area contributed by atoms with Gasteiger partial charge in [-0.05, 0) is 25.0 Å². The molecule has 2 unspecified atom stereocenters. The number of aliphatic hydroxyl groups excluding tert-OH is 2. The van der Waals surface area contributed by atoms with Gasteiger partial charge in [0.05, 0.1) is 5.69 Å². The number of aliphatic carboxylic acids is 1. The summed E-state index contributed by atoms with van der Waals surface area (Å²) >= 11 is 0. The lowest BCUT2D eigenvalue weighted by atomic mass is 10.0. The van der Waals surface area contributed by atoms with Gasteiger partial charge in [0.1, 0.15) is 6.10 Å². The molecule has 82 valence electrons. The smallest absolute Gasteiger partial charge is 0.335 e. The van der Waals surface area contributed by atoms with Crippen LogP contribution in [-0.2, 0) is 4.79 Å². The molecule has 5 heteroatoms. The number of carboxylic acid groups (broad SMARTS) is 1. The van der Waals surface area contributed by atoms with Crippen molar-refractivity contribution in [2.45, 2.75) is 26.1 Å². The van der Waals surface area contributed by atoms with Crippen LogP contribution in [0.5, 0.6) is 0 Å². The van der Waals surface area contributed by atoms with Gasteiger partial charge in [-0.15, -0.1) is 0 Å². The summed E-state index contributed by atoms with van der Waals surface area (Å²) in [6.07, 6.45) is -1.83. The van der Waals surface area contributed by atoms with Crippen molar-refractivity contribution >= 4 is 5.97 Å². The van der Waals surface area contributed by atoms with Crippen LogP contribution in [0.1, 0.15) is 22.9 Å². The zero-order valence-electron chi connectivity index (χ0n) is 8.51. The van der Waals surface area contributed by atoms with Gasteiger partial charge < -0.3 is 15.3 Å². The van der Waals surface area contributed by atoms with Crippen molar-refractivity contribution in [3.05, 3.63) is 29.1 Å². The lowest BCUT2D eigenvalue weighted by molar-refractivity contribution is -0.153. The number of hydrogen-bond donors (Lipinski definition) is 3. The molecule has 0 saturated carbocycles. The average molecular weight is 211 g/mol. The van der Waals surface area contributed by atoms with Crippen molar-refractivity contribution in [3.63, 3.8) is 0 Å². The summed E-state index contributed by atoms with van der Waals surface area (Å²) in [4.78, 5) is 14.4. The molecular formula is C10H13NO4. The predicted octanol–water partition coefficient (Wildman–Crippen LogP) is 0.177. The van der Waals surface area contributed by atoms with E-state index in [4.69, 9.17) is 10.2 Å². The van der Waals surface area contributed by atoms with E-state index < -0.39 is 18.2 Å². The number of carboxylic acids is 1. The highest BCUT2D eigenvalue weighted by molar-refractivity contribution is 5.73. The summed E-state index contributed by atoms with van der Waals surface area (Å²) in [6.45, 7) is 3.54. The lowest BCUT2D eigenvalue weighted by Crippen LogP contribution is -2.28. The predicted molar refractivity (Wildman–Crippen MR) is 52.3 cm³/mol. The SMILES string of the molecule is Cc1cnc(C(O)C(O)C(=O)O)c(C)c1. The fraction of sp³-hybridized carbons (Fsp3) is 0.400. The third-order valence-corrected chi connectivity index (χ3v) is 2.09. The van der Waals surface area contributed by atoms with Gasteiger partial charge in [0.15, 0.2) is 6.10 Å². The largest absolute Gasteiger partial charge is 0.479 e. The maximum Gasteiger partial charge on any atom is 0.335 e. The van der Waals surface area contributed by atoms with Gasteiger partial charge in [-0.3, -0.25) is 4.98 Å². The van der Waals surface area contributed by atoms with Crippen LogP contribution < -0.4 is 0 Å². The Balaban J connectivity index is 3.01. The van der Waals surface area contributed by atoms with E-state index in [1.807, 2.05) is 6.92 Å². The molecular weight excluding hydrogens is 198 g/mol. The number of aliphatic hydroxyl groups is 2. The van der Waals surface area contributed by atoms with Gasteiger partial charge in [0.25, 0.3) is 0 Å². The molecule has 3 N–H and O–H groups in total. The molecule has 0 aliphatic carbocycles. The summed E-state index contributed by atoms with van der Waals surface area (Å²) < 4.78 is 0. The van der Waals surface area contributed by atoms with E-state index in [2.05, 4.69) is 4.98 Å². The molecule has 0 fully saturated rings. The zero-order chi connectivity index (χ0) is 11.6. The van der Waals surface area contributed by atoms with Crippen molar-refractivity contribution in [3.8, 4) is 0 Å². The molecule has 1 aromatic rings. The Hall–Kier alpha value is -1.46. The summed E-state index contributed by atoms with van der Waals surface area (Å²) in [5.74, 6) is -1.47. The molecule has 0 amide bonds. The van der Waals surface area contributed by atoms with Crippen molar-refractivity contribution < 1.29 is 20.1 Å². The number of nitrogens with zero attached hydrogens (tertiary/aromatic N) is 1. The van der Waals surface area contributed by atoms with E-state index in [1.165, 1.54) is 6.20 Å². The van der Waals surface area contributed by atoms with E-state index in [9.17, 15) is 9.90 Å². The Bertz CT molecular complexity index is 378. The number of hydrogen-bond acceptors (Lipinski definition) is 4. The van der Waals surface area contributed by atoms with E-state index in [0.717, 1.165) is 5.56 Å². The summed E-state index contributed by atoms with van der Waals surface area (Å²) in [5.41, 5.74) is 1.76. The molecule has 0 bridgehead atoms. The fourth-order valence-electron chi connectivity index (χ4n) is 1.32. The summed E-state index contributed by atoms with van der Waals surface area (Å²) in [7, 11) is 0. The molecule has 15 heavy (non-hydrogen) atoms. The summed E-state index contributed by atoms with van der Waals surface area (Å²) in [6, 6.07) is 1.76. The van der Waals surface area contributed by atoms with Crippen LogP contribution in [-0.4, -0.2) is 32.4 Å². The topological polar surface area (TPSA) is 90.7 Å². The fourth-order valence-corrected chi connectivity index (χ4v) is 1.32. The highest BCUT2D eigenvalue weighted by atomic mass is 16.4. The van der Waals surface area contributed by atoms with Gasteiger partial charge in [0.2, 0.25) is 0 Å². The first-order valence-corrected chi connectivity index (χ1v) is 4.45. The molecule has 0 aromatic carbocycles. The van der Waals surface area contributed by atoms with Crippen molar-refractivity contribution in [1.82, 2.24) is 4.98 Å². The molecule has 2 atom stereocenters. The van der Waals surface area contributed by atoms with Crippen molar-refractivity contribution in [1.29, 1.82) is 0 Å². The second-order valence-corrected chi connectivity index (χ2v) is 3.44. The van der Waals surface area contributed by atoms with E-state index in [1.54, 1.807) is 13.0 Å². The standard InChI is InChI=1S/C10H13NO4/c1-5-3-6(2)7(11-4-5)8(12)9(13)10(14)15/h3-4,8-9,12-13H,1-2H3,(H,14,15). The lowest BCUT2D eigenvalue weighted by Gasteiger charge is -2.15. The third-order valence-electron chi connectivity index (χ3n) is 2.09. The van der Waals surface area contributed by atoms with Gasteiger partial charge >= 0.3 is 5.97 Å². The minimum Gasteiger partial charge on any atom is -0.479 e. The highest BCUT2D eigenvalue weighted by Crippen LogP contribution is 2.19. The molecule has 0 saturated heterocycles. The molecule has 0 aliphatic heterocycles. The second kappa shape index (κ2) is 4.37. The van der Waals surface area contributed by atoms with E-state index >= 15 is 0 Å². The van der Waals surface area contributed by atoms with Gasteiger partial charge in [-0.1, -0.05) is 6.07 Å². The van der Waals surface area contributed by atoms with Crippen molar-refractivity contribution in [2.24, 2.45) is 0 Å². The molecule has 0 spiro atoms. The number of carbonyl (C=O) groups is 1. The van der Waals surface area contributed by atoms with Crippen LogP contribution in [0.4, 0.5) is 0 Å². The Morgan fingerprint density at radius 1 is 1.40 bits per heavy atom. The molecule has 0 radical (unpaired) electrons. The quantitative estimate of drug-likeness (QED) is 0.663. The maximum absolute atomic E-state index is 10.5. The maximum atomic E-state index is 10.5. The minimum absolute atomic E-state index is 0.190. The Morgan fingerprint density at radius 3 is 2.47 bits per heavy atom. The monoisotopic (exact) mass is 211 g/mol. The third kappa shape index (κ3) is 2.51. The molecule has 1 heterocycles. The van der Waals surface area contributed by atoms with Crippen LogP contribution in [0.2, 0.25) is 0 Å². The average Bonchev–Trinajstić information content (AvgIpc) is 2.15. The van der Waals surface area contributed by atoms with E-state index in [0.29, 0.717) is 5.56 Å². The zero-order valence-corrected chi connectivity index (χ0v) is 8.51. The van der Waals surface area contributed by atoms with Crippen LogP contribution in [0, 0.1) is 13.8 Å². The van der Waals surface area contributed by atoms with E-state index in [-0.39, 0.29) is 5.69 Å². The van der Waals surface area contributed by atoms with Crippen molar-refractivity contribution in [2.75, 3.05) is 0 Å². The number of aryl methyl sites for hydroxylation is 2. The Labute approximate surface area is 87.0 Å². The number of aromatic nitrogens is 1. The van der Waals surface area contributed by atoms with Crippen LogP contribution in [0.3, 0.4) is 0 Å². The Kier molecular flexibility index (Phi) is 3.39. The molecule has 5 nitrogen and oxygen atoms in total. The molecule has 1 aromatic heterocycles. The first-order chi connectivity index (χ1) is 6.93. The van der Waals surface area contributed by atoms with Gasteiger partial charge in [-0.25, -0.2) is 4.79 Å². The first-order valence-electron chi connectivity index (χ1n) is 4.45. The van der Waals surface area contributed by atoms with Gasteiger partial charge in [0, 0.05) is 6.20 Å². The van der Waals surface area contributed by atoms with Crippen LogP contribution in [0.15, 0.2) is 12.3 Å². The van der Waals surface area contributed by atoms with Crippen LogP contribution in [0.25, 0.3) is 0 Å². The molecule has 1 rings (SSSR count). The Morgan fingerprint density at radius 2 is 2.00 bits per heavy atom. The van der Waals surface area contributed by atoms with Crippen LogP contribution >= 0.6 is 0 Å².